The van der Waals surface area contributed by atoms with Crippen LogP contribution in [0.5, 0.6) is 0 Å². The molecule has 0 radical (unpaired) electrons. The van der Waals surface area contributed by atoms with Crippen LogP contribution in [-0.4, -0.2) is 42.4 Å². The van der Waals surface area contributed by atoms with Gasteiger partial charge in [0.2, 0.25) is 0 Å². The first kappa shape index (κ1) is 14.3. The molecule has 5 nitrogen and oxygen atoms in total. The SMILES string of the molecule is CC(C)OCCN(C)c1nc2c(s1)CCC2C(=O)O. The van der Waals surface area contributed by atoms with E-state index < -0.39 is 11.9 Å². The summed E-state index contributed by atoms with van der Waals surface area (Å²) in [5, 5.41) is 10.0. The Morgan fingerprint density at radius 3 is 3.00 bits per heavy atom. The number of ether oxygens (including phenoxy) is 1. The number of anilines is 1. The molecule has 1 aromatic heterocycles. The summed E-state index contributed by atoms with van der Waals surface area (Å²) in [5.74, 6) is -1.18. The number of nitrogens with zero attached hydrogens (tertiary/aromatic N) is 2. The molecule has 1 aromatic rings. The summed E-state index contributed by atoms with van der Waals surface area (Å²) in [6.07, 6.45) is 1.75. The second-order valence-electron chi connectivity index (χ2n) is 5.08. The molecule has 0 saturated heterocycles. The number of carboxylic acid groups (broad SMARTS) is 1. The van der Waals surface area contributed by atoms with Crippen molar-refractivity contribution in [3.05, 3.63) is 10.6 Å². The van der Waals surface area contributed by atoms with Crippen LogP contribution in [0.1, 0.15) is 36.8 Å². The second kappa shape index (κ2) is 5.88. The van der Waals surface area contributed by atoms with E-state index in [1.54, 1.807) is 11.3 Å². The van der Waals surface area contributed by atoms with E-state index in [2.05, 4.69) is 4.98 Å². The van der Waals surface area contributed by atoms with Gasteiger partial charge in [0.15, 0.2) is 5.13 Å². The van der Waals surface area contributed by atoms with E-state index in [9.17, 15) is 4.79 Å². The van der Waals surface area contributed by atoms with Crippen molar-refractivity contribution in [1.82, 2.24) is 4.98 Å². The van der Waals surface area contributed by atoms with Crippen LogP contribution in [-0.2, 0) is 16.0 Å². The van der Waals surface area contributed by atoms with E-state index in [4.69, 9.17) is 9.84 Å². The molecule has 19 heavy (non-hydrogen) atoms. The van der Waals surface area contributed by atoms with Crippen LogP contribution in [0.4, 0.5) is 5.13 Å². The number of aromatic nitrogens is 1. The van der Waals surface area contributed by atoms with Crippen molar-refractivity contribution in [3.8, 4) is 0 Å². The highest BCUT2D eigenvalue weighted by Crippen LogP contribution is 2.39. The predicted molar refractivity (Wildman–Crippen MR) is 75.2 cm³/mol. The molecule has 0 aliphatic heterocycles. The van der Waals surface area contributed by atoms with Crippen molar-refractivity contribution in [2.75, 3.05) is 25.1 Å². The highest BCUT2D eigenvalue weighted by Gasteiger charge is 2.32. The average molecular weight is 284 g/mol. The molecule has 1 N–H and O–H groups in total. The van der Waals surface area contributed by atoms with E-state index in [1.165, 1.54) is 0 Å². The zero-order chi connectivity index (χ0) is 14.0. The summed E-state index contributed by atoms with van der Waals surface area (Å²) in [5.41, 5.74) is 0.768. The first-order chi connectivity index (χ1) is 8.99. The second-order valence-corrected chi connectivity index (χ2v) is 6.14. The van der Waals surface area contributed by atoms with E-state index in [1.807, 2.05) is 25.8 Å². The molecule has 1 aliphatic rings. The van der Waals surface area contributed by atoms with Gasteiger partial charge in [-0.15, -0.1) is 11.3 Å². The van der Waals surface area contributed by atoms with E-state index >= 15 is 0 Å². The Morgan fingerprint density at radius 2 is 2.37 bits per heavy atom. The molecule has 0 aromatic carbocycles. The molecular formula is C13H20N2O3S. The summed E-state index contributed by atoms with van der Waals surface area (Å²) in [4.78, 5) is 18.8. The Morgan fingerprint density at radius 1 is 1.63 bits per heavy atom. The van der Waals surface area contributed by atoms with E-state index in [0.29, 0.717) is 13.0 Å². The van der Waals surface area contributed by atoms with Crippen LogP contribution >= 0.6 is 11.3 Å². The van der Waals surface area contributed by atoms with Gasteiger partial charge in [-0.3, -0.25) is 4.79 Å². The first-order valence-corrected chi connectivity index (χ1v) is 7.35. The zero-order valence-electron chi connectivity index (χ0n) is 11.5. The molecule has 6 heteroatoms. The maximum atomic E-state index is 11.1. The molecule has 2 rings (SSSR count). The quantitative estimate of drug-likeness (QED) is 0.867. The van der Waals surface area contributed by atoms with Crippen molar-refractivity contribution in [1.29, 1.82) is 0 Å². The lowest BCUT2D eigenvalue weighted by Gasteiger charge is -2.17. The van der Waals surface area contributed by atoms with E-state index in [-0.39, 0.29) is 6.10 Å². The summed E-state index contributed by atoms with van der Waals surface area (Å²) in [6, 6.07) is 0. The largest absolute Gasteiger partial charge is 0.481 e. The smallest absolute Gasteiger partial charge is 0.312 e. The number of fused-ring (bicyclic) bond motifs is 1. The maximum absolute atomic E-state index is 11.1. The van der Waals surface area contributed by atoms with Gasteiger partial charge >= 0.3 is 5.97 Å². The van der Waals surface area contributed by atoms with E-state index in [0.717, 1.165) is 28.7 Å². The van der Waals surface area contributed by atoms with Crippen molar-refractivity contribution < 1.29 is 14.6 Å². The number of carboxylic acids is 1. The fourth-order valence-corrected chi connectivity index (χ4v) is 3.26. The number of likely N-dealkylation sites (N-methyl/N-ethyl adjacent to an activating group) is 1. The number of thiazole rings is 1. The van der Waals surface area contributed by atoms with Gasteiger partial charge in [0.05, 0.1) is 18.4 Å². The third-order valence-electron chi connectivity index (χ3n) is 3.21. The van der Waals surface area contributed by atoms with Gasteiger partial charge in [0.25, 0.3) is 0 Å². The van der Waals surface area contributed by atoms with Crippen LogP contribution < -0.4 is 4.90 Å². The summed E-state index contributed by atoms with van der Waals surface area (Å²) in [6.45, 7) is 5.44. The number of rotatable bonds is 6. The fraction of sp³-hybridized carbons (Fsp3) is 0.692. The highest BCUT2D eigenvalue weighted by atomic mass is 32.1. The van der Waals surface area contributed by atoms with Gasteiger partial charge in [-0.2, -0.15) is 0 Å². The minimum Gasteiger partial charge on any atom is -0.481 e. The van der Waals surface area contributed by atoms with Gasteiger partial charge in [-0.25, -0.2) is 4.98 Å². The summed E-state index contributed by atoms with van der Waals surface area (Å²) in [7, 11) is 1.97. The molecule has 0 spiro atoms. The molecule has 1 aliphatic carbocycles. The molecule has 0 saturated carbocycles. The van der Waals surface area contributed by atoms with Gasteiger partial charge in [0, 0.05) is 18.5 Å². The predicted octanol–water partition coefficient (Wildman–Crippen LogP) is 2.12. The first-order valence-electron chi connectivity index (χ1n) is 6.54. The Hall–Kier alpha value is -1.14. The topological polar surface area (TPSA) is 62.7 Å². The lowest BCUT2D eigenvalue weighted by atomic mass is 10.1. The number of aliphatic carboxylic acids is 1. The lowest BCUT2D eigenvalue weighted by molar-refractivity contribution is -0.138. The average Bonchev–Trinajstić information content (AvgIpc) is 2.86. The maximum Gasteiger partial charge on any atom is 0.312 e. The Kier molecular flexibility index (Phi) is 4.42. The zero-order valence-corrected chi connectivity index (χ0v) is 12.4. The molecule has 106 valence electrons. The molecule has 1 atom stereocenters. The standard InChI is InChI=1S/C13H20N2O3S/c1-8(2)18-7-6-15(3)13-14-11-9(12(16)17)4-5-10(11)19-13/h8-9H,4-7H2,1-3H3,(H,16,17). The number of hydrogen-bond acceptors (Lipinski definition) is 5. The molecule has 0 bridgehead atoms. The Bertz CT molecular complexity index is 459. The van der Waals surface area contributed by atoms with Crippen LogP contribution in [0.3, 0.4) is 0 Å². The van der Waals surface area contributed by atoms with Crippen LogP contribution in [0, 0.1) is 0 Å². The summed E-state index contributed by atoms with van der Waals surface area (Å²) < 4.78 is 5.51. The molecular weight excluding hydrogens is 264 g/mol. The minimum atomic E-state index is -0.763. The summed E-state index contributed by atoms with van der Waals surface area (Å²) >= 11 is 1.61. The number of hydrogen-bond donors (Lipinski definition) is 1. The lowest BCUT2D eigenvalue weighted by Crippen LogP contribution is -2.24. The van der Waals surface area contributed by atoms with Crippen molar-refractivity contribution in [3.63, 3.8) is 0 Å². The van der Waals surface area contributed by atoms with Gasteiger partial charge in [0.1, 0.15) is 5.92 Å². The van der Waals surface area contributed by atoms with Gasteiger partial charge in [-0.05, 0) is 26.7 Å². The third-order valence-corrected chi connectivity index (χ3v) is 4.45. The highest BCUT2D eigenvalue weighted by molar-refractivity contribution is 7.15. The van der Waals surface area contributed by atoms with Crippen LogP contribution in [0.2, 0.25) is 0 Å². The Labute approximate surface area is 117 Å². The molecule has 1 unspecified atom stereocenters. The number of carbonyl (C=O) groups is 1. The minimum absolute atomic E-state index is 0.228. The molecule has 0 fully saturated rings. The normalized spacial score (nSPS) is 17.8. The van der Waals surface area contributed by atoms with Crippen molar-refractivity contribution >= 4 is 22.4 Å². The Balaban J connectivity index is 1.99. The molecule has 1 heterocycles. The van der Waals surface area contributed by atoms with Crippen LogP contribution in [0.15, 0.2) is 0 Å². The van der Waals surface area contributed by atoms with Crippen molar-refractivity contribution in [2.45, 2.75) is 38.7 Å². The third kappa shape index (κ3) is 3.25. The van der Waals surface area contributed by atoms with Crippen LogP contribution in [0.25, 0.3) is 0 Å². The number of aryl methyl sites for hydroxylation is 1. The van der Waals surface area contributed by atoms with Gasteiger partial charge in [-0.1, -0.05) is 0 Å². The molecule has 0 amide bonds. The fourth-order valence-electron chi connectivity index (χ4n) is 2.14. The van der Waals surface area contributed by atoms with Crippen molar-refractivity contribution in [2.24, 2.45) is 0 Å². The monoisotopic (exact) mass is 284 g/mol. The van der Waals surface area contributed by atoms with Gasteiger partial charge < -0.3 is 14.7 Å².